The van der Waals surface area contributed by atoms with Crippen LogP contribution in [-0.2, 0) is 0 Å². The number of carbonyl (C=O) groups excluding carboxylic acids is 1. The summed E-state index contributed by atoms with van der Waals surface area (Å²) < 4.78 is 0. The molecule has 0 aliphatic heterocycles. The minimum atomic E-state index is -0.642. The molecule has 0 radical (unpaired) electrons. The highest BCUT2D eigenvalue weighted by atomic mass is 16.3. The molecule has 6 heteroatoms. The average molecular weight is 384 g/mol. The standard InChI is InChI=1S/C23H20N4O2/c24-19-12-20-16(10-17(19)22(25)15-6-8-26-9-7-15)11-21(27-20)23(29)18(13-28)14-4-2-1-3-5-14/h1-12,18,25,27-28H,13,24H2. The van der Waals surface area contributed by atoms with Gasteiger partial charge in [0.15, 0.2) is 5.78 Å². The van der Waals surface area contributed by atoms with E-state index in [9.17, 15) is 9.90 Å². The van der Waals surface area contributed by atoms with E-state index in [0.29, 0.717) is 33.7 Å². The number of nitrogens with zero attached hydrogens (tertiary/aromatic N) is 1. The number of nitrogen functional groups attached to an aromatic ring is 1. The van der Waals surface area contributed by atoms with Crippen LogP contribution in [0.15, 0.2) is 73.1 Å². The lowest BCUT2D eigenvalue weighted by Crippen LogP contribution is -2.17. The molecule has 2 aromatic heterocycles. The van der Waals surface area contributed by atoms with Crippen molar-refractivity contribution < 1.29 is 9.90 Å². The van der Waals surface area contributed by atoms with E-state index in [1.165, 1.54) is 0 Å². The summed E-state index contributed by atoms with van der Waals surface area (Å²) in [6.45, 7) is -0.279. The second-order valence-electron chi connectivity index (χ2n) is 6.83. The van der Waals surface area contributed by atoms with E-state index in [4.69, 9.17) is 11.1 Å². The van der Waals surface area contributed by atoms with Crippen LogP contribution in [0.3, 0.4) is 0 Å². The molecular formula is C23H20N4O2. The monoisotopic (exact) mass is 384 g/mol. The summed E-state index contributed by atoms with van der Waals surface area (Å²) in [6, 6.07) is 18.0. The zero-order valence-electron chi connectivity index (χ0n) is 15.6. The van der Waals surface area contributed by atoms with Crippen molar-refractivity contribution in [2.75, 3.05) is 12.3 Å². The van der Waals surface area contributed by atoms with Crippen molar-refractivity contribution in [1.82, 2.24) is 9.97 Å². The van der Waals surface area contributed by atoms with Gasteiger partial charge < -0.3 is 15.8 Å². The first-order chi connectivity index (χ1) is 14.1. The van der Waals surface area contributed by atoms with Crippen LogP contribution in [0, 0.1) is 5.41 Å². The molecular weight excluding hydrogens is 364 g/mol. The van der Waals surface area contributed by atoms with Crippen LogP contribution in [0.2, 0.25) is 0 Å². The van der Waals surface area contributed by atoms with E-state index in [2.05, 4.69) is 9.97 Å². The number of aliphatic hydroxyl groups excluding tert-OH is 1. The van der Waals surface area contributed by atoms with Crippen LogP contribution in [0.1, 0.15) is 33.1 Å². The second kappa shape index (κ2) is 7.69. The highest BCUT2D eigenvalue weighted by Crippen LogP contribution is 2.27. The number of carbonyl (C=O) groups is 1. The van der Waals surface area contributed by atoms with Gasteiger partial charge in [0.1, 0.15) is 0 Å². The number of ketones is 1. The lowest BCUT2D eigenvalue weighted by Gasteiger charge is -2.12. The number of aromatic nitrogens is 2. The largest absolute Gasteiger partial charge is 0.398 e. The van der Waals surface area contributed by atoms with Gasteiger partial charge in [0.25, 0.3) is 0 Å². The Bertz CT molecular complexity index is 1180. The first kappa shape index (κ1) is 18.6. The number of hydrogen-bond acceptors (Lipinski definition) is 5. The fraction of sp³-hybridized carbons (Fsp3) is 0.0870. The van der Waals surface area contributed by atoms with Crippen LogP contribution < -0.4 is 5.73 Å². The summed E-state index contributed by atoms with van der Waals surface area (Å²) in [5, 5.41) is 19.0. The Morgan fingerprint density at radius 2 is 1.83 bits per heavy atom. The van der Waals surface area contributed by atoms with Crippen LogP contribution >= 0.6 is 0 Å². The third-order valence-electron chi connectivity index (χ3n) is 5.00. The highest BCUT2D eigenvalue weighted by Gasteiger charge is 2.23. The first-order valence-corrected chi connectivity index (χ1v) is 9.20. The third kappa shape index (κ3) is 3.53. The second-order valence-corrected chi connectivity index (χ2v) is 6.83. The van der Waals surface area contributed by atoms with Crippen molar-refractivity contribution in [1.29, 1.82) is 5.41 Å². The lowest BCUT2D eigenvalue weighted by molar-refractivity contribution is 0.0918. The molecule has 0 amide bonds. The van der Waals surface area contributed by atoms with Crippen molar-refractivity contribution in [3.05, 3.63) is 95.4 Å². The SMILES string of the molecule is N=C(c1ccncc1)c1cc2cc(C(=O)C(CO)c3ccccc3)[nH]c2cc1N. The number of rotatable bonds is 6. The number of nitrogens with two attached hydrogens (primary N) is 1. The topological polar surface area (TPSA) is 116 Å². The predicted octanol–water partition coefficient (Wildman–Crippen LogP) is 3.52. The normalized spacial score (nSPS) is 12.0. The lowest BCUT2D eigenvalue weighted by atomic mass is 9.94. The predicted molar refractivity (Wildman–Crippen MR) is 113 cm³/mol. The van der Waals surface area contributed by atoms with Crippen molar-refractivity contribution in [2.24, 2.45) is 0 Å². The molecule has 6 nitrogen and oxygen atoms in total. The molecule has 2 aromatic carbocycles. The van der Waals surface area contributed by atoms with Gasteiger partial charge >= 0.3 is 0 Å². The van der Waals surface area contributed by atoms with Crippen molar-refractivity contribution in [3.63, 3.8) is 0 Å². The Morgan fingerprint density at radius 3 is 2.52 bits per heavy atom. The van der Waals surface area contributed by atoms with E-state index in [-0.39, 0.29) is 12.4 Å². The van der Waals surface area contributed by atoms with Gasteiger partial charge in [-0.15, -0.1) is 0 Å². The quantitative estimate of drug-likeness (QED) is 0.231. The molecule has 0 aliphatic carbocycles. The maximum atomic E-state index is 13.0. The summed E-state index contributed by atoms with van der Waals surface area (Å²) in [5.41, 5.74) is 10.1. The Morgan fingerprint density at radius 1 is 1.10 bits per heavy atom. The number of H-pyrrole nitrogens is 1. The Balaban J connectivity index is 1.71. The van der Waals surface area contributed by atoms with Gasteiger partial charge in [-0.3, -0.25) is 15.2 Å². The number of benzene rings is 2. The maximum absolute atomic E-state index is 13.0. The molecule has 0 fully saturated rings. The van der Waals surface area contributed by atoms with Crippen LogP contribution in [0.4, 0.5) is 5.69 Å². The van der Waals surface area contributed by atoms with Gasteiger partial charge in [-0.1, -0.05) is 30.3 Å². The minimum absolute atomic E-state index is 0.195. The smallest absolute Gasteiger partial charge is 0.188 e. The number of hydrogen-bond donors (Lipinski definition) is 4. The maximum Gasteiger partial charge on any atom is 0.188 e. The molecule has 29 heavy (non-hydrogen) atoms. The molecule has 4 aromatic rings. The van der Waals surface area contributed by atoms with Crippen LogP contribution in [0.5, 0.6) is 0 Å². The fourth-order valence-electron chi connectivity index (χ4n) is 3.43. The molecule has 144 valence electrons. The van der Waals surface area contributed by atoms with E-state index in [1.54, 1.807) is 42.7 Å². The average Bonchev–Trinajstić information content (AvgIpc) is 3.17. The summed E-state index contributed by atoms with van der Waals surface area (Å²) in [7, 11) is 0. The van der Waals surface area contributed by atoms with Gasteiger partial charge in [-0.25, -0.2) is 0 Å². The molecule has 1 unspecified atom stereocenters. The van der Waals surface area contributed by atoms with E-state index in [1.807, 2.05) is 30.3 Å². The summed E-state index contributed by atoms with van der Waals surface area (Å²) >= 11 is 0. The zero-order valence-corrected chi connectivity index (χ0v) is 15.6. The number of aliphatic hydroxyl groups is 1. The van der Waals surface area contributed by atoms with Crippen LogP contribution in [-0.4, -0.2) is 33.2 Å². The van der Waals surface area contributed by atoms with Gasteiger partial charge in [-0.2, -0.15) is 0 Å². The summed E-state index contributed by atoms with van der Waals surface area (Å²) in [5.74, 6) is -0.838. The zero-order chi connectivity index (χ0) is 20.4. The molecule has 0 spiro atoms. The molecule has 1 atom stereocenters. The fourth-order valence-corrected chi connectivity index (χ4v) is 3.43. The molecule has 5 N–H and O–H groups in total. The van der Waals surface area contributed by atoms with E-state index < -0.39 is 5.92 Å². The Labute approximate surface area is 167 Å². The number of aromatic amines is 1. The molecule has 2 heterocycles. The molecule has 0 saturated carbocycles. The Kier molecular flexibility index (Phi) is 4.93. The first-order valence-electron chi connectivity index (χ1n) is 9.20. The molecule has 4 rings (SSSR count). The van der Waals surface area contributed by atoms with Crippen molar-refractivity contribution in [3.8, 4) is 0 Å². The number of nitrogens with one attached hydrogen (secondary N) is 2. The summed E-state index contributed by atoms with van der Waals surface area (Å²) in [6.07, 6.45) is 3.26. The van der Waals surface area contributed by atoms with Crippen molar-refractivity contribution in [2.45, 2.75) is 5.92 Å². The van der Waals surface area contributed by atoms with Gasteiger partial charge in [0, 0.05) is 40.1 Å². The molecule has 0 bridgehead atoms. The number of pyridine rings is 1. The molecule has 0 aliphatic rings. The Hall–Kier alpha value is -3.77. The van der Waals surface area contributed by atoms with Crippen molar-refractivity contribution >= 4 is 28.1 Å². The van der Waals surface area contributed by atoms with Gasteiger partial charge in [0.2, 0.25) is 0 Å². The number of fused-ring (bicyclic) bond motifs is 1. The third-order valence-corrected chi connectivity index (χ3v) is 5.00. The minimum Gasteiger partial charge on any atom is -0.398 e. The van der Waals surface area contributed by atoms with Crippen LogP contribution in [0.25, 0.3) is 10.9 Å². The number of anilines is 1. The van der Waals surface area contributed by atoms with Gasteiger partial charge in [0.05, 0.1) is 23.9 Å². The van der Waals surface area contributed by atoms with Gasteiger partial charge in [-0.05, 0) is 35.9 Å². The summed E-state index contributed by atoms with van der Waals surface area (Å²) in [4.78, 5) is 20.1. The number of Topliss-reactive ketones (excluding diaryl/α,β-unsaturated/α-hetero) is 1. The highest BCUT2D eigenvalue weighted by molar-refractivity contribution is 6.16. The molecule has 0 saturated heterocycles. The van der Waals surface area contributed by atoms with E-state index >= 15 is 0 Å². The van der Waals surface area contributed by atoms with E-state index in [0.717, 1.165) is 10.9 Å².